The molecule has 0 aromatic carbocycles. The first-order valence-corrected chi connectivity index (χ1v) is 7.21. The molecule has 1 aliphatic carbocycles. The quantitative estimate of drug-likeness (QED) is 0.501. The van der Waals surface area contributed by atoms with Crippen LogP contribution in [0.2, 0.25) is 6.32 Å². The van der Waals surface area contributed by atoms with Gasteiger partial charge in [0.25, 0.3) is 0 Å². The summed E-state index contributed by atoms with van der Waals surface area (Å²) in [6.45, 7) is 9.09. The Balaban J connectivity index is 2.94. The lowest BCUT2D eigenvalue weighted by Gasteiger charge is -2.22. The summed E-state index contributed by atoms with van der Waals surface area (Å²) in [6, 6.07) is 0. The van der Waals surface area contributed by atoms with Gasteiger partial charge in [-0.2, -0.15) is 0 Å². The van der Waals surface area contributed by atoms with Crippen molar-refractivity contribution in [3.63, 3.8) is 0 Å². The highest BCUT2D eigenvalue weighted by molar-refractivity contribution is 6.22. The van der Waals surface area contributed by atoms with E-state index in [1.165, 1.54) is 55.5 Å². The van der Waals surface area contributed by atoms with Crippen molar-refractivity contribution in [2.45, 2.75) is 72.5 Å². The third-order valence-electron chi connectivity index (χ3n) is 3.68. The Morgan fingerprint density at radius 2 is 1.71 bits per heavy atom. The molecule has 0 bridgehead atoms. The van der Waals surface area contributed by atoms with E-state index in [0.717, 1.165) is 6.32 Å². The maximum Gasteiger partial charge on any atom is 0.108 e. The summed E-state index contributed by atoms with van der Waals surface area (Å²) < 4.78 is 0. The van der Waals surface area contributed by atoms with Crippen LogP contribution in [0.1, 0.15) is 66.2 Å². The molecule has 0 radical (unpaired) electrons. The molecule has 0 heterocycles. The molecule has 0 N–H and O–H groups in total. The van der Waals surface area contributed by atoms with E-state index in [2.05, 4.69) is 35.5 Å². The fraction of sp³-hybridized carbons (Fsp3) is 0.800. The van der Waals surface area contributed by atoms with Gasteiger partial charge in [-0.05, 0) is 44.3 Å². The number of hydrogen-bond donors (Lipinski definition) is 0. The van der Waals surface area contributed by atoms with Crippen molar-refractivity contribution in [1.82, 2.24) is 0 Å². The minimum atomic E-state index is 0.213. The number of rotatable bonds is 2. The van der Waals surface area contributed by atoms with Gasteiger partial charge in [0.05, 0.1) is 0 Å². The number of aliphatic imine (C=N–C) groups is 1. The van der Waals surface area contributed by atoms with Gasteiger partial charge in [0.15, 0.2) is 0 Å². The van der Waals surface area contributed by atoms with Gasteiger partial charge in [-0.15, -0.1) is 0 Å². The zero-order chi connectivity index (χ0) is 12.9. The monoisotopic (exact) mass is 233 g/mol. The summed E-state index contributed by atoms with van der Waals surface area (Å²) in [6.07, 6.45) is 8.95. The molecule has 96 valence electrons. The van der Waals surface area contributed by atoms with Crippen molar-refractivity contribution in [1.29, 1.82) is 0 Å². The van der Waals surface area contributed by atoms with Crippen LogP contribution in [0.25, 0.3) is 0 Å². The van der Waals surface area contributed by atoms with E-state index in [9.17, 15) is 0 Å². The summed E-state index contributed by atoms with van der Waals surface area (Å²) in [5, 5.41) is 0. The van der Waals surface area contributed by atoms with Crippen LogP contribution in [0.3, 0.4) is 0 Å². The second-order valence-corrected chi connectivity index (χ2v) is 6.30. The Hall–Kier alpha value is -0.525. The van der Waals surface area contributed by atoms with Gasteiger partial charge in [0.2, 0.25) is 0 Å². The van der Waals surface area contributed by atoms with Gasteiger partial charge in [-0.1, -0.05) is 39.2 Å². The largest absolute Gasteiger partial charge is 0.263 e. The Bertz CT molecular complexity index is 307. The van der Waals surface area contributed by atoms with Gasteiger partial charge in [0, 0.05) is 11.4 Å². The second kappa shape index (κ2) is 6.42. The van der Waals surface area contributed by atoms with Gasteiger partial charge >= 0.3 is 0 Å². The first-order valence-electron chi connectivity index (χ1n) is 7.21. The summed E-state index contributed by atoms with van der Waals surface area (Å²) in [5.74, 6) is 0. The van der Waals surface area contributed by atoms with Gasteiger partial charge in [0.1, 0.15) is 7.85 Å². The highest BCUT2D eigenvalue weighted by atomic mass is 14.8. The molecule has 0 atom stereocenters. The lowest BCUT2D eigenvalue weighted by Crippen LogP contribution is -2.20. The molecule has 0 saturated heterocycles. The summed E-state index contributed by atoms with van der Waals surface area (Å²) in [5.41, 5.74) is 4.48. The smallest absolute Gasteiger partial charge is 0.108 e. The topological polar surface area (TPSA) is 12.4 Å². The molecule has 0 aliphatic heterocycles. The Morgan fingerprint density at radius 3 is 2.24 bits per heavy atom. The molecule has 0 amide bonds. The van der Waals surface area contributed by atoms with Crippen molar-refractivity contribution >= 4 is 13.6 Å². The fourth-order valence-electron chi connectivity index (χ4n) is 2.49. The Morgan fingerprint density at radius 1 is 1.12 bits per heavy atom. The molecule has 0 aromatic rings. The second-order valence-electron chi connectivity index (χ2n) is 6.30. The zero-order valence-corrected chi connectivity index (χ0v) is 12.4. The molecule has 2 heteroatoms. The summed E-state index contributed by atoms with van der Waals surface area (Å²) >= 11 is 0. The molecular formula is C15H28BN. The fourth-order valence-corrected chi connectivity index (χ4v) is 2.49. The highest BCUT2D eigenvalue weighted by Gasteiger charge is 2.18. The highest BCUT2D eigenvalue weighted by Crippen LogP contribution is 2.26. The molecule has 0 unspecified atom stereocenters. The van der Waals surface area contributed by atoms with Crippen molar-refractivity contribution in [3.8, 4) is 0 Å². The number of nitrogens with zero attached hydrogens (tertiary/aromatic N) is 1. The third-order valence-corrected chi connectivity index (χ3v) is 3.68. The minimum Gasteiger partial charge on any atom is -0.263 e. The summed E-state index contributed by atoms with van der Waals surface area (Å²) in [4.78, 5) is 5.00. The van der Waals surface area contributed by atoms with Gasteiger partial charge in [-0.25, -0.2) is 0 Å². The molecular weight excluding hydrogens is 205 g/mol. The van der Waals surface area contributed by atoms with E-state index in [1.54, 1.807) is 0 Å². The van der Waals surface area contributed by atoms with Crippen LogP contribution in [-0.2, 0) is 0 Å². The van der Waals surface area contributed by atoms with Crippen LogP contribution in [0.4, 0.5) is 0 Å². The molecule has 1 rings (SSSR count). The number of hydrogen-bond acceptors (Lipinski definition) is 1. The average molecular weight is 233 g/mol. The normalized spacial score (nSPS) is 24.4. The molecule has 1 nitrogen and oxygen atoms in total. The van der Waals surface area contributed by atoms with E-state index in [0.29, 0.717) is 0 Å². The molecule has 0 fully saturated rings. The third kappa shape index (κ3) is 4.69. The lowest BCUT2D eigenvalue weighted by atomic mass is 9.82. The van der Waals surface area contributed by atoms with E-state index >= 15 is 0 Å². The molecule has 0 saturated carbocycles. The molecule has 0 spiro atoms. The van der Waals surface area contributed by atoms with Crippen LogP contribution in [-0.4, -0.2) is 13.6 Å². The van der Waals surface area contributed by atoms with Crippen LogP contribution in [0.5, 0.6) is 0 Å². The van der Waals surface area contributed by atoms with Crippen molar-refractivity contribution in [3.05, 3.63) is 11.3 Å². The van der Waals surface area contributed by atoms with Crippen LogP contribution in [0.15, 0.2) is 16.3 Å². The van der Waals surface area contributed by atoms with Crippen molar-refractivity contribution in [2.75, 3.05) is 0 Å². The van der Waals surface area contributed by atoms with E-state index < -0.39 is 0 Å². The average Bonchev–Trinajstić information content (AvgIpc) is 2.21. The van der Waals surface area contributed by atoms with Crippen LogP contribution < -0.4 is 0 Å². The summed E-state index contributed by atoms with van der Waals surface area (Å²) in [7, 11) is 2.23. The Labute approximate surface area is 108 Å². The molecule has 1 aliphatic rings. The maximum absolute atomic E-state index is 5.00. The predicted octanol–water partition coefficient (Wildman–Crippen LogP) is 4.15. The first kappa shape index (κ1) is 14.5. The van der Waals surface area contributed by atoms with E-state index in [-0.39, 0.29) is 5.41 Å². The van der Waals surface area contributed by atoms with E-state index in [1.807, 2.05) is 0 Å². The van der Waals surface area contributed by atoms with Crippen molar-refractivity contribution < 1.29 is 0 Å². The van der Waals surface area contributed by atoms with Gasteiger partial charge < -0.3 is 0 Å². The van der Waals surface area contributed by atoms with Crippen LogP contribution >= 0.6 is 0 Å². The predicted molar refractivity (Wildman–Crippen MR) is 80.6 cm³/mol. The number of allylic oxidation sites excluding steroid dienone is 2. The van der Waals surface area contributed by atoms with Crippen molar-refractivity contribution in [2.24, 2.45) is 10.4 Å². The zero-order valence-electron chi connectivity index (χ0n) is 12.4. The Kier molecular flexibility index (Phi) is 5.49. The lowest BCUT2D eigenvalue weighted by molar-refractivity contribution is 0.580. The molecule has 17 heavy (non-hydrogen) atoms. The standard InChI is InChI=1S/C15H28BN/c1-12-9-7-5-6-8-10-13(12)17-14(11-16)15(2,3)4/h5-11,16H2,1-4H3/b13-12+,17-14+. The first-order chi connectivity index (χ1) is 7.95. The molecule has 0 aromatic heterocycles. The van der Waals surface area contributed by atoms with Crippen LogP contribution in [0, 0.1) is 5.41 Å². The van der Waals surface area contributed by atoms with Gasteiger partial charge in [-0.3, -0.25) is 4.99 Å². The van der Waals surface area contributed by atoms with E-state index in [4.69, 9.17) is 4.99 Å². The maximum atomic E-state index is 5.00. The SMILES string of the molecule is BC/C(=N\C1=C(/C)CCCCCC1)C(C)(C)C. The minimum absolute atomic E-state index is 0.213.